The molecule has 6 aromatic carbocycles. The van der Waals surface area contributed by atoms with Crippen molar-refractivity contribution in [3.05, 3.63) is 146 Å². The second-order valence-corrected chi connectivity index (χ2v) is 21.2. The highest BCUT2D eigenvalue weighted by atomic mass is 15.1. The van der Waals surface area contributed by atoms with Gasteiger partial charge in [-0.15, -0.1) is 0 Å². The number of benzene rings is 6. The fourth-order valence-corrected chi connectivity index (χ4v) is 11.6. The molecule has 8 unspecified atom stereocenters. The van der Waals surface area contributed by atoms with E-state index in [4.69, 9.17) is 20.0 Å². The van der Waals surface area contributed by atoms with Gasteiger partial charge in [-0.25, -0.2) is 0 Å². The Kier molecular flexibility index (Phi) is 15.0. The molecular weight excluding hydrogens is 853 g/mol. The molecule has 6 heteroatoms. The number of anilines is 6. The maximum atomic E-state index is 4.93. The summed E-state index contributed by atoms with van der Waals surface area (Å²) in [5, 5.41) is 0. The average molecular weight is 925 g/mol. The van der Waals surface area contributed by atoms with Crippen molar-refractivity contribution in [1.82, 2.24) is 0 Å². The Hall–Kier alpha value is -6.40. The van der Waals surface area contributed by atoms with Gasteiger partial charge in [-0.3, -0.25) is 20.0 Å². The minimum absolute atomic E-state index is 0.573. The Morgan fingerprint density at radius 1 is 0.286 bits per heavy atom. The molecule has 0 amide bonds. The van der Waals surface area contributed by atoms with Gasteiger partial charge in [-0.2, -0.15) is 0 Å². The lowest BCUT2D eigenvalue weighted by Gasteiger charge is -2.26. The van der Waals surface area contributed by atoms with E-state index >= 15 is 0 Å². The van der Waals surface area contributed by atoms with Crippen LogP contribution in [0.25, 0.3) is 11.1 Å². The van der Waals surface area contributed by atoms with Crippen molar-refractivity contribution >= 4 is 81.7 Å². The fourth-order valence-electron chi connectivity index (χ4n) is 11.6. The first-order valence-corrected chi connectivity index (χ1v) is 26.7. The molecule has 4 aliphatic rings. The van der Waals surface area contributed by atoms with Crippen LogP contribution in [0.4, 0.5) is 56.9 Å². The van der Waals surface area contributed by atoms with Crippen molar-refractivity contribution in [2.75, 3.05) is 9.80 Å². The van der Waals surface area contributed by atoms with Crippen LogP contribution >= 0.6 is 0 Å². The van der Waals surface area contributed by atoms with Gasteiger partial charge in [0.25, 0.3) is 0 Å². The molecule has 8 atom stereocenters. The van der Waals surface area contributed by atoms with Crippen LogP contribution in [0.3, 0.4) is 0 Å². The van der Waals surface area contributed by atoms with E-state index in [0.717, 1.165) is 68.0 Å². The smallest absolute Gasteiger partial charge is 0.0627 e. The van der Waals surface area contributed by atoms with Gasteiger partial charge >= 0.3 is 0 Å². The van der Waals surface area contributed by atoms with E-state index in [2.05, 4.69) is 208 Å². The molecule has 6 aromatic rings. The first-order valence-electron chi connectivity index (χ1n) is 26.7. The molecular formula is C64H72N6. The van der Waals surface area contributed by atoms with Gasteiger partial charge in [0.1, 0.15) is 0 Å². The number of hydrogen-bond acceptors (Lipinski definition) is 6. The van der Waals surface area contributed by atoms with E-state index in [1.165, 1.54) is 77.0 Å². The minimum atomic E-state index is 0.573. The summed E-state index contributed by atoms with van der Waals surface area (Å²) >= 11 is 0. The van der Waals surface area contributed by atoms with Crippen molar-refractivity contribution < 1.29 is 0 Å². The van der Waals surface area contributed by atoms with Crippen LogP contribution in [0.5, 0.6) is 0 Å². The summed E-state index contributed by atoms with van der Waals surface area (Å²) in [5.74, 6) is 5.12. The second-order valence-electron chi connectivity index (χ2n) is 21.2. The molecule has 0 radical (unpaired) electrons. The third-order valence-electron chi connectivity index (χ3n) is 16.4. The summed E-state index contributed by atoms with van der Waals surface area (Å²) in [6.45, 7) is 9.42. The van der Waals surface area contributed by atoms with E-state index in [1.54, 1.807) is 0 Å². The van der Waals surface area contributed by atoms with E-state index in [0.29, 0.717) is 47.3 Å². The molecule has 0 spiro atoms. The van der Waals surface area contributed by atoms with Gasteiger partial charge in [0.2, 0.25) is 0 Å². The minimum Gasteiger partial charge on any atom is -0.311 e. The quantitative estimate of drug-likeness (QED) is 0.0964. The van der Waals surface area contributed by atoms with E-state index in [-0.39, 0.29) is 0 Å². The molecule has 0 aliphatic heterocycles. The highest BCUT2D eigenvalue weighted by molar-refractivity contribution is 5.83. The highest BCUT2D eigenvalue weighted by Gasteiger charge is 2.24. The molecule has 0 heterocycles. The van der Waals surface area contributed by atoms with Crippen LogP contribution in [0.15, 0.2) is 166 Å². The van der Waals surface area contributed by atoms with Gasteiger partial charge in [0, 0.05) is 59.0 Å². The van der Waals surface area contributed by atoms with E-state index in [9.17, 15) is 0 Å². The Bertz CT molecular complexity index is 2400. The molecule has 0 bridgehead atoms. The van der Waals surface area contributed by atoms with Crippen molar-refractivity contribution in [3.8, 4) is 11.1 Å². The maximum absolute atomic E-state index is 4.93. The van der Waals surface area contributed by atoms with Gasteiger partial charge < -0.3 is 9.80 Å². The van der Waals surface area contributed by atoms with Crippen LogP contribution in [-0.2, 0) is 0 Å². The van der Waals surface area contributed by atoms with Crippen LogP contribution < -0.4 is 9.80 Å². The van der Waals surface area contributed by atoms with Gasteiger partial charge in [-0.05, 0) is 205 Å². The number of rotatable bonds is 15. The lowest BCUT2D eigenvalue weighted by molar-refractivity contribution is 0.538. The van der Waals surface area contributed by atoms with Crippen LogP contribution in [0.1, 0.15) is 105 Å². The van der Waals surface area contributed by atoms with Crippen LogP contribution in [0, 0.1) is 47.3 Å². The largest absolute Gasteiger partial charge is 0.311 e. The Balaban J connectivity index is 0.908. The van der Waals surface area contributed by atoms with Crippen molar-refractivity contribution in [3.63, 3.8) is 0 Å². The summed E-state index contributed by atoms with van der Waals surface area (Å²) in [6.07, 6.45) is 24.1. The third-order valence-corrected chi connectivity index (χ3v) is 16.4. The molecule has 4 saturated carbocycles. The average Bonchev–Trinajstić information content (AvgIpc) is 4.22. The highest BCUT2D eigenvalue weighted by Crippen LogP contribution is 2.41. The summed E-state index contributed by atoms with van der Waals surface area (Å²) in [5.41, 5.74) is 12.9. The SMILES string of the molecule is CC1CCCC1C=Nc1ccc(N(c2ccc(N=CC3CCCC3C)cc2)c2ccc(-c3ccc(N(c4ccc(N=CC5CCCC5C)cc4)c4ccc(N=CC5CCCC5C)cc4)cc3)cc2)cc1. The van der Waals surface area contributed by atoms with E-state index < -0.39 is 0 Å². The van der Waals surface area contributed by atoms with Crippen LogP contribution in [0.2, 0.25) is 0 Å². The Labute approximate surface area is 418 Å². The summed E-state index contributed by atoms with van der Waals surface area (Å²) < 4.78 is 0. The summed E-state index contributed by atoms with van der Waals surface area (Å²) in [6, 6.07) is 52.8. The Morgan fingerprint density at radius 3 is 0.671 bits per heavy atom. The Morgan fingerprint density at radius 2 is 0.486 bits per heavy atom. The molecule has 0 saturated heterocycles. The monoisotopic (exact) mass is 925 g/mol. The van der Waals surface area contributed by atoms with Crippen molar-refractivity contribution in [2.45, 2.75) is 105 Å². The zero-order chi connectivity index (χ0) is 47.8. The van der Waals surface area contributed by atoms with Gasteiger partial charge in [0.15, 0.2) is 0 Å². The van der Waals surface area contributed by atoms with Gasteiger partial charge in [0.05, 0.1) is 22.7 Å². The number of nitrogens with zero attached hydrogens (tertiary/aromatic N) is 6. The van der Waals surface area contributed by atoms with Gasteiger partial charge in [-0.1, -0.05) is 103 Å². The molecule has 358 valence electrons. The summed E-state index contributed by atoms with van der Waals surface area (Å²) in [4.78, 5) is 24.4. The normalized spacial score (nSPS) is 24.8. The zero-order valence-electron chi connectivity index (χ0n) is 42.0. The molecule has 4 fully saturated rings. The topological polar surface area (TPSA) is 55.9 Å². The predicted octanol–water partition coefficient (Wildman–Crippen LogP) is 18.8. The second kappa shape index (κ2) is 22.1. The molecule has 10 rings (SSSR count). The maximum Gasteiger partial charge on any atom is 0.0627 e. The van der Waals surface area contributed by atoms with Crippen molar-refractivity contribution in [1.29, 1.82) is 0 Å². The molecule has 0 N–H and O–H groups in total. The fraction of sp³-hybridized carbons (Fsp3) is 0.375. The molecule has 0 aromatic heterocycles. The zero-order valence-corrected chi connectivity index (χ0v) is 42.0. The van der Waals surface area contributed by atoms with Crippen molar-refractivity contribution in [2.24, 2.45) is 67.3 Å². The molecule has 70 heavy (non-hydrogen) atoms. The van der Waals surface area contributed by atoms with E-state index in [1.807, 2.05) is 0 Å². The molecule has 6 nitrogen and oxygen atoms in total. The first-order chi connectivity index (χ1) is 34.3. The predicted molar refractivity (Wildman–Crippen MR) is 300 cm³/mol. The number of aliphatic imine (C=N–C) groups is 4. The third kappa shape index (κ3) is 11.3. The lowest BCUT2D eigenvalue weighted by atomic mass is 10.00. The standard InChI is InChI=1S/C64H72N6/c1-45-9-5-13-51(45)41-65-55-21-33-61(34-22-55)69(62-35-23-56(24-36-62)66-42-52-14-6-10-46(52)2)59-29-17-49(18-30-59)50-19-31-60(32-20-50)70(63-37-25-57(26-38-63)67-43-53-15-7-11-47(53)3)64-39-27-58(28-40-64)68-44-54-16-8-12-48(54)4/h17-48,51-54H,5-16H2,1-4H3. The first kappa shape index (κ1) is 47.3. The lowest BCUT2D eigenvalue weighted by Crippen LogP contribution is -2.10. The molecule has 4 aliphatic carbocycles. The number of hydrogen-bond donors (Lipinski definition) is 0. The summed E-state index contributed by atoms with van der Waals surface area (Å²) in [7, 11) is 0. The van der Waals surface area contributed by atoms with Crippen LogP contribution in [-0.4, -0.2) is 24.9 Å².